The molecular weight excluding hydrogens is 252 g/mol. The summed E-state index contributed by atoms with van der Waals surface area (Å²) in [7, 11) is 0. The molecule has 0 heterocycles. The average molecular weight is 288 g/mol. The van der Waals surface area contributed by atoms with E-state index in [1.165, 1.54) is 58.3 Å². The van der Waals surface area contributed by atoms with Gasteiger partial charge in [-0.1, -0.05) is 71.6 Å². The Bertz CT molecular complexity index is 171. The minimum Gasteiger partial charge on any atom is -0.466 e. The van der Waals surface area contributed by atoms with Crippen LogP contribution in [0.1, 0.15) is 91.4 Å². The van der Waals surface area contributed by atoms with Crippen LogP contribution in [0.3, 0.4) is 0 Å². The monoisotopic (exact) mass is 288 g/mol. The van der Waals surface area contributed by atoms with Crippen molar-refractivity contribution in [2.24, 2.45) is 0 Å². The molecule has 3 nitrogen and oxygen atoms in total. The summed E-state index contributed by atoms with van der Waals surface area (Å²) in [5.74, 6) is -0.182. The molecule has 0 spiro atoms. The van der Waals surface area contributed by atoms with Crippen LogP contribution in [0.5, 0.6) is 0 Å². The Hall–Kier alpha value is -0.570. The summed E-state index contributed by atoms with van der Waals surface area (Å²) in [6.45, 7) is 6.68. The molecule has 0 aromatic rings. The van der Waals surface area contributed by atoms with Gasteiger partial charge in [0.2, 0.25) is 0 Å². The van der Waals surface area contributed by atoms with Crippen LogP contribution in [0.2, 0.25) is 0 Å². The molecule has 0 saturated heterocycles. The first-order valence-electron chi connectivity index (χ1n) is 8.43. The molecule has 0 unspecified atom stereocenters. The molecule has 3 heteroatoms. The highest BCUT2D eigenvalue weighted by Crippen LogP contribution is 2.08. The van der Waals surface area contributed by atoms with Gasteiger partial charge in [-0.15, -0.1) is 0 Å². The SMILES string of the molecule is CCCCCCCCCCCO.CCCCOC(C)=O. The molecule has 0 rings (SSSR count). The Labute approximate surface area is 126 Å². The minimum absolute atomic E-state index is 0.182. The first-order chi connectivity index (χ1) is 9.68. The number of carbonyl (C=O) groups is 1. The van der Waals surface area contributed by atoms with E-state index in [0.29, 0.717) is 13.2 Å². The number of rotatable bonds is 12. The van der Waals surface area contributed by atoms with E-state index in [4.69, 9.17) is 5.11 Å². The van der Waals surface area contributed by atoms with Crippen molar-refractivity contribution in [1.82, 2.24) is 0 Å². The van der Waals surface area contributed by atoms with Crippen molar-refractivity contribution < 1.29 is 14.6 Å². The maximum Gasteiger partial charge on any atom is 0.302 e. The van der Waals surface area contributed by atoms with E-state index in [0.717, 1.165) is 19.3 Å². The lowest BCUT2D eigenvalue weighted by Gasteiger charge is -1.99. The summed E-state index contributed by atoms with van der Waals surface area (Å²) in [5.41, 5.74) is 0. The van der Waals surface area contributed by atoms with Crippen LogP contribution in [0.15, 0.2) is 0 Å². The van der Waals surface area contributed by atoms with Gasteiger partial charge in [0.25, 0.3) is 0 Å². The summed E-state index contributed by atoms with van der Waals surface area (Å²) in [6, 6.07) is 0. The van der Waals surface area contributed by atoms with Crippen LogP contribution in [0.25, 0.3) is 0 Å². The lowest BCUT2D eigenvalue weighted by molar-refractivity contribution is -0.141. The zero-order valence-electron chi connectivity index (χ0n) is 14.0. The molecular formula is C17H36O3. The standard InChI is InChI=1S/C11H24O.C6H12O2/c1-2-3-4-5-6-7-8-9-10-11-12;1-3-4-5-8-6(2)7/h12H,2-11H2,1H3;3-5H2,1-2H3. The van der Waals surface area contributed by atoms with Crippen LogP contribution >= 0.6 is 0 Å². The molecule has 0 fully saturated rings. The maximum absolute atomic E-state index is 10.1. The zero-order valence-corrected chi connectivity index (χ0v) is 14.0. The van der Waals surface area contributed by atoms with E-state index in [-0.39, 0.29) is 5.97 Å². The van der Waals surface area contributed by atoms with Gasteiger partial charge in [0.15, 0.2) is 0 Å². The topological polar surface area (TPSA) is 46.5 Å². The molecule has 0 aliphatic heterocycles. The smallest absolute Gasteiger partial charge is 0.302 e. The van der Waals surface area contributed by atoms with Crippen molar-refractivity contribution in [3.8, 4) is 0 Å². The fourth-order valence-corrected chi connectivity index (χ4v) is 1.78. The number of aliphatic hydroxyl groups is 1. The summed E-state index contributed by atoms with van der Waals surface area (Å²) in [4.78, 5) is 10.1. The zero-order chi connectivity index (χ0) is 15.5. The summed E-state index contributed by atoms with van der Waals surface area (Å²) < 4.78 is 4.64. The minimum atomic E-state index is -0.182. The number of unbranched alkanes of at least 4 members (excludes halogenated alkanes) is 9. The van der Waals surface area contributed by atoms with Crippen molar-refractivity contribution in [1.29, 1.82) is 0 Å². The van der Waals surface area contributed by atoms with Gasteiger partial charge < -0.3 is 9.84 Å². The van der Waals surface area contributed by atoms with Gasteiger partial charge in [0, 0.05) is 13.5 Å². The van der Waals surface area contributed by atoms with E-state index in [2.05, 4.69) is 18.6 Å². The third-order valence-electron chi connectivity index (χ3n) is 3.06. The summed E-state index contributed by atoms with van der Waals surface area (Å²) in [5, 5.41) is 8.54. The van der Waals surface area contributed by atoms with Gasteiger partial charge >= 0.3 is 5.97 Å². The third kappa shape index (κ3) is 26.1. The van der Waals surface area contributed by atoms with Crippen LogP contribution in [-0.4, -0.2) is 24.3 Å². The highest BCUT2D eigenvalue weighted by molar-refractivity contribution is 5.65. The van der Waals surface area contributed by atoms with Gasteiger partial charge in [0.05, 0.1) is 6.61 Å². The number of hydrogen-bond acceptors (Lipinski definition) is 3. The van der Waals surface area contributed by atoms with Crippen molar-refractivity contribution in [2.45, 2.75) is 91.4 Å². The molecule has 0 atom stereocenters. The Morgan fingerprint density at radius 2 is 1.25 bits per heavy atom. The predicted octanol–water partition coefficient (Wildman–Crippen LogP) is 4.86. The fraction of sp³-hybridized carbons (Fsp3) is 0.941. The van der Waals surface area contributed by atoms with Crippen molar-refractivity contribution in [3.63, 3.8) is 0 Å². The Morgan fingerprint density at radius 3 is 1.65 bits per heavy atom. The molecule has 0 aromatic heterocycles. The summed E-state index contributed by atoms with van der Waals surface area (Å²) in [6.07, 6.45) is 13.9. The van der Waals surface area contributed by atoms with E-state index >= 15 is 0 Å². The van der Waals surface area contributed by atoms with Crippen LogP contribution < -0.4 is 0 Å². The van der Waals surface area contributed by atoms with E-state index < -0.39 is 0 Å². The Balaban J connectivity index is 0. The first-order valence-corrected chi connectivity index (χ1v) is 8.43. The predicted molar refractivity (Wildman–Crippen MR) is 85.9 cm³/mol. The molecule has 0 bridgehead atoms. The second-order valence-corrected chi connectivity index (χ2v) is 5.25. The van der Waals surface area contributed by atoms with Crippen molar-refractivity contribution in [3.05, 3.63) is 0 Å². The van der Waals surface area contributed by atoms with E-state index in [9.17, 15) is 4.79 Å². The molecule has 1 N–H and O–H groups in total. The van der Waals surface area contributed by atoms with Gasteiger partial charge in [0.1, 0.15) is 0 Å². The summed E-state index contributed by atoms with van der Waals surface area (Å²) >= 11 is 0. The molecule has 0 aromatic carbocycles. The van der Waals surface area contributed by atoms with Gasteiger partial charge in [-0.3, -0.25) is 4.79 Å². The molecule has 0 amide bonds. The van der Waals surface area contributed by atoms with Crippen LogP contribution in [0, 0.1) is 0 Å². The molecule has 20 heavy (non-hydrogen) atoms. The normalized spacial score (nSPS) is 9.80. The van der Waals surface area contributed by atoms with Crippen LogP contribution in [-0.2, 0) is 9.53 Å². The highest BCUT2D eigenvalue weighted by atomic mass is 16.5. The number of esters is 1. The van der Waals surface area contributed by atoms with Crippen molar-refractivity contribution >= 4 is 5.97 Å². The van der Waals surface area contributed by atoms with Crippen LogP contribution in [0.4, 0.5) is 0 Å². The molecule has 0 radical (unpaired) electrons. The van der Waals surface area contributed by atoms with E-state index in [1.807, 2.05) is 0 Å². The van der Waals surface area contributed by atoms with Gasteiger partial charge in [-0.05, 0) is 12.8 Å². The number of hydrogen-bond donors (Lipinski definition) is 1. The maximum atomic E-state index is 10.1. The number of ether oxygens (including phenoxy) is 1. The van der Waals surface area contributed by atoms with E-state index in [1.54, 1.807) is 0 Å². The third-order valence-corrected chi connectivity index (χ3v) is 3.06. The van der Waals surface area contributed by atoms with Gasteiger partial charge in [-0.25, -0.2) is 0 Å². The highest BCUT2D eigenvalue weighted by Gasteiger charge is 1.90. The van der Waals surface area contributed by atoms with Gasteiger partial charge in [-0.2, -0.15) is 0 Å². The fourth-order valence-electron chi connectivity index (χ4n) is 1.78. The largest absolute Gasteiger partial charge is 0.466 e. The number of carbonyl (C=O) groups excluding carboxylic acids is 1. The Kier molecular flexibility index (Phi) is 22.5. The lowest BCUT2D eigenvalue weighted by atomic mass is 10.1. The lowest BCUT2D eigenvalue weighted by Crippen LogP contribution is -1.99. The molecule has 0 aliphatic rings. The first kappa shape index (κ1) is 21.7. The molecule has 0 saturated carbocycles. The second kappa shape index (κ2) is 20.7. The Morgan fingerprint density at radius 1 is 0.800 bits per heavy atom. The number of aliphatic hydroxyl groups excluding tert-OH is 1. The quantitative estimate of drug-likeness (QED) is 0.412. The average Bonchev–Trinajstić information content (AvgIpc) is 2.43. The molecule has 0 aliphatic carbocycles. The molecule has 122 valence electrons. The van der Waals surface area contributed by atoms with Crippen molar-refractivity contribution in [2.75, 3.05) is 13.2 Å². The second-order valence-electron chi connectivity index (χ2n) is 5.25.